The fourth-order valence-electron chi connectivity index (χ4n) is 3.78. The van der Waals surface area contributed by atoms with Gasteiger partial charge in [0.15, 0.2) is 0 Å². The smallest absolute Gasteiger partial charge is 0.141 e. The van der Waals surface area contributed by atoms with Crippen molar-refractivity contribution in [1.29, 1.82) is 0 Å². The summed E-state index contributed by atoms with van der Waals surface area (Å²) in [5, 5.41) is 1.98. The lowest BCUT2D eigenvalue weighted by Crippen LogP contribution is -2.35. The van der Waals surface area contributed by atoms with Crippen LogP contribution in [0.15, 0.2) is 18.2 Å². The first kappa shape index (κ1) is 20.0. The Morgan fingerprint density at radius 3 is 1.92 bits per heavy atom. The molecule has 1 aliphatic heterocycles. The summed E-state index contributed by atoms with van der Waals surface area (Å²) in [5.74, 6) is 2.04. The molecule has 0 amide bonds. The predicted molar refractivity (Wildman–Crippen MR) is 110 cm³/mol. The Kier molecular flexibility index (Phi) is 5.37. The third kappa shape index (κ3) is 3.76. The molecule has 2 rings (SSSR count). The van der Waals surface area contributed by atoms with E-state index in [0.29, 0.717) is 0 Å². The summed E-state index contributed by atoms with van der Waals surface area (Å²) >= 11 is 0. The summed E-state index contributed by atoms with van der Waals surface area (Å²) in [4.78, 5) is 0. The van der Waals surface area contributed by atoms with Gasteiger partial charge < -0.3 is 9.47 Å². The van der Waals surface area contributed by atoms with Crippen molar-refractivity contribution in [2.45, 2.75) is 83.4 Å². The van der Waals surface area contributed by atoms with Crippen molar-refractivity contribution in [2.24, 2.45) is 0 Å². The van der Waals surface area contributed by atoms with E-state index in [-0.39, 0.29) is 29.0 Å². The maximum Gasteiger partial charge on any atom is 0.141 e. The minimum atomic E-state index is -0.478. The van der Waals surface area contributed by atoms with Gasteiger partial charge in [-0.2, -0.15) is 0 Å². The van der Waals surface area contributed by atoms with Crippen molar-refractivity contribution < 1.29 is 9.47 Å². The Bertz CT molecular complexity index is 577. The zero-order valence-electron chi connectivity index (χ0n) is 17.0. The van der Waals surface area contributed by atoms with E-state index >= 15 is 0 Å². The lowest BCUT2D eigenvalue weighted by atomic mass is 10.2. The van der Waals surface area contributed by atoms with Crippen LogP contribution >= 0.6 is 15.8 Å². The molecule has 0 N–H and O–H groups in total. The maximum atomic E-state index is 6.68. The second kappa shape index (κ2) is 6.44. The molecule has 0 bridgehead atoms. The molecule has 0 spiro atoms. The van der Waals surface area contributed by atoms with Crippen LogP contribution in [0.25, 0.3) is 0 Å². The Labute approximate surface area is 151 Å². The molecule has 1 aliphatic rings. The molecule has 136 valence electrons. The molecule has 1 aromatic carbocycles. The lowest BCUT2D eigenvalue weighted by Gasteiger charge is -2.48. The number of benzene rings is 1. The monoisotopic (exact) mass is 368 g/mol. The van der Waals surface area contributed by atoms with Crippen molar-refractivity contribution in [1.82, 2.24) is 0 Å². The van der Waals surface area contributed by atoms with Crippen molar-refractivity contribution in [3.8, 4) is 11.5 Å². The molecule has 0 aliphatic carbocycles. The highest BCUT2D eigenvalue weighted by molar-refractivity contribution is 7.82. The molecule has 1 heterocycles. The predicted octanol–water partition coefficient (Wildman–Crippen LogP) is 6.36. The molecular formula is C20H34O2P2. The topological polar surface area (TPSA) is 18.5 Å². The Morgan fingerprint density at radius 1 is 0.958 bits per heavy atom. The fourth-order valence-corrected chi connectivity index (χ4v) is 14.3. The van der Waals surface area contributed by atoms with Gasteiger partial charge in [-0.1, -0.05) is 68.4 Å². The molecule has 1 aromatic rings. The largest absolute Gasteiger partial charge is 0.496 e. The number of ether oxygens (including phenoxy) is 2. The van der Waals surface area contributed by atoms with E-state index < -0.39 is 7.92 Å². The number of fused-ring (bicyclic) bond motifs is 1. The first-order valence-electron chi connectivity index (χ1n) is 8.71. The normalized spacial score (nSPS) is 21.6. The van der Waals surface area contributed by atoms with Crippen LogP contribution in [0.1, 0.15) is 62.3 Å². The van der Waals surface area contributed by atoms with Gasteiger partial charge in [0.25, 0.3) is 0 Å². The van der Waals surface area contributed by atoms with Crippen molar-refractivity contribution >= 4 is 21.1 Å². The molecule has 0 saturated carbocycles. The molecule has 0 saturated heterocycles. The van der Waals surface area contributed by atoms with Crippen LogP contribution in [0.5, 0.6) is 11.5 Å². The third-order valence-corrected chi connectivity index (χ3v) is 12.0. The van der Waals surface area contributed by atoms with E-state index in [1.54, 1.807) is 7.11 Å². The quantitative estimate of drug-likeness (QED) is 0.566. The molecule has 0 fully saturated rings. The van der Waals surface area contributed by atoms with E-state index in [0.717, 1.165) is 11.5 Å². The summed E-state index contributed by atoms with van der Waals surface area (Å²) in [6.07, 6.45) is 0. The number of rotatable bonds is 2. The summed E-state index contributed by atoms with van der Waals surface area (Å²) < 4.78 is 12.4. The molecule has 24 heavy (non-hydrogen) atoms. The number of methoxy groups -OCH3 is 1. The number of hydrogen-bond acceptors (Lipinski definition) is 2. The lowest BCUT2D eigenvalue weighted by molar-refractivity contribution is 0.357. The number of hydrogen-bond donors (Lipinski definition) is 0. The molecule has 0 radical (unpaired) electrons. The molecule has 4 heteroatoms. The zero-order valence-corrected chi connectivity index (χ0v) is 18.8. The summed E-state index contributed by atoms with van der Waals surface area (Å²) in [5.41, 5.74) is 0.279. The van der Waals surface area contributed by atoms with Crippen LogP contribution in [-0.4, -0.2) is 28.2 Å². The van der Waals surface area contributed by atoms with E-state index in [2.05, 4.69) is 74.4 Å². The van der Waals surface area contributed by atoms with E-state index in [4.69, 9.17) is 9.47 Å². The second-order valence-corrected chi connectivity index (χ2v) is 16.8. The van der Waals surface area contributed by atoms with Gasteiger partial charge in [-0.25, -0.2) is 0 Å². The molecule has 0 aromatic heterocycles. The summed E-state index contributed by atoms with van der Waals surface area (Å²) in [7, 11) is 0.935. The van der Waals surface area contributed by atoms with Crippen LogP contribution in [-0.2, 0) is 0 Å². The molecular weight excluding hydrogens is 334 g/mol. The van der Waals surface area contributed by atoms with Gasteiger partial charge in [0.2, 0.25) is 0 Å². The average Bonchev–Trinajstić information content (AvgIpc) is 2.72. The van der Waals surface area contributed by atoms with E-state index in [9.17, 15) is 0 Å². The standard InChI is InChI=1S/C20H34O2P2/c1-18(2,3)23-16-14(21-10)12-11-13-15(16)22-17(23)24(19(4,5)6)20(7,8)9/h11-13,17H,1-10H3/t17-,23+/m1/s1. The fraction of sp³-hybridized carbons (Fsp3) is 0.700. The molecule has 2 nitrogen and oxygen atoms in total. The first-order chi connectivity index (χ1) is 10.8. The average molecular weight is 368 g/mol. The maximum absolute atomic E-state index is 6.68. The van der Waals surface area contributed by atoms with E-state index in [1.807, 2.05) is 6.07 Å². The van der Waals surface area contributed by atoms with Crippen molar-refractivity contribution in [3.63, 3.8) is 0 Å². The first-order valence-corrected chi connectivity index (χ1v) is 11.5. The van der Waals surface area contributed by atoms with Crippen molar-refractivity contribution in [3.05, 3.63) is 18.2 Å². The minimum Gasteiger partial charge on any atom is -0.496 e. The van der Waals surface area contributed by atoms with E-state index in [1.165, 1.54) is 5.30 Å². The van der Waals surface area contributed by atoms with Crippen LogP contribution in [0.2, 0.25) is 0 Å². The second-order valence-electron chi connectivity index (χ2n) is 9.50. The zero-order chi connectivity index (χ0) is 18.5. The highest BCUT2D eigenvalue weighted by Gasteiger charge is 2.52. The Morgan fingerprint density at radius 2 is 1.50 bits per heavy atom. The van der Waals surface area contributed by atoms with Gasteiger partial charge in [0, 0.05) is 0 Å². The SMILES string of the molecule is COc1cccc2c1[P@](C(C)(C)C)[C@H](P(C(C)(C)C)C(C)(C)C)O2. The van der Waals surface area contributed by atoms with Crippen LogP contribution in [0, 0.1) is 0 Å². The summed E-state index contributed by atoms with van der Waals surface area (Å²) in [6.45, 7) is 21.3. The van der Waals surface area contributed by atoms with Gasteiger partial charge >= 0.3 is 0 Å². The van der Waals surface area contributed by atoms with Crippen LogP contribution in [0.4, 0.5) is 0 Å². The van der Waals surface area contributed by atoms with Crippen molar-refractivity contribution in [2.75, 3.05) is 7.11 Å². The van der Waals surface area contributed by atoms with Gasteiger partial charge in [0.1, 0.15) is 17.1 Å². The van der Waals surface area contributed by atoms with Gasteiger partial charge in [-0.05, 0) is 43.4 Å². The Hall–Kier alpha value is -0.320. The highest BCUT2D eigenvalue weighted by Crippen LogP contribution is 2.75. The van der Waals surface area contributed by atoms with Crippen LogP contribution < -0.4 is 14.8 Å². The third-order valence-electron chi connectivity index (χ3n) is 4.27. The molecule has 0 unspecified atom stereocenters. The van der Waals surface area contributed by atoms with Crippen LogP contribution in [0.3, 0.4) is 0 Å². The summed E-state index contributed by atoms with van der Waals surface area (Å²) in [6, 6.07) is 6.26. The minimum absolute atomic E-state index is 0.178. The Balaban J connectivity index is 2.63. The van der Waals surface area contributed by atoms with Gasteiger partial charge in [0.05, 0.1) is 12.4 Å². The van der Waals surface area contributed by atoms with Gasteiger partial charge in [-0.15, -0.1) is 0 Å². The van der Waals surface area contributed by atoms with Gasteiger partial charge in [-0.3, -0.25) is 0 Å². The molecule has 2 atom stereocenters. The highest BCUT2D eigenvalue weighted by atomic mass is 31.2.